The van der Waals surface area contributed by atoms with Crippen LogP contribution in [0.2, 0.25) is 0 Å². The van der Waals surface area contributed by atoms with Gasteiger partial charge in [0.1, 0.15) is 5.84 Å². The monoisotopic (exact) mass is 211 g/mol. The van der Waals surface area contributed by atoms with Crippen molar-refractivity contribution in [2.45, 2.75) is 0 Å². The van der Waals surface area contributed by atoms with Crippen LogP contribution in [0.25, 0.3) is 0 Å². The number of nitrogens with one attached hydrogen (secondary N) is 2. The van der Waals surface area contributed by atoms with Gasteiger partial charge in [0.25, 0.3) is 0 Å². The largest absolute Gasteiger partial charge is 0.384 e. The van der Waals surface area contributed by atoms with Crippen LogP contribution in [-0.4, -0.2) is 5.84 Å². The van der Waals surface area contributed by atoms with Gasteiger partial charge in [0.2, 0.25) is 0 Å². The predicted octanol–water partition coefficient (Wildman–Crippen LogP) is 2.71. The summed E-state index contributed by atoms with van der Waals surface area (Å²) in [5.41, 5.74) is 8.06. The van der Waals surface area contributed by atoms with Crippen LogP contribution in [0.1, 0.15) is 5.56 Å². The van der Waals surface area contributed by atoms with Crippen molar-refractivity contribution >= 4 is 17.2 Å². The van der Waals surface area contributed by atoms with Gasteiger partial charge in [-0.3, -0.25) is 5.41 Å². The first-order valence-electron chi connectivity index (χ1n) is 5.03. The van der Waals surface area contributed by atoms with Crippen molar-refractivity contribution in [1.29, 1.82) is 5.41 Å². The van der Waals surface area contributed by atoms with Crippen LogP contribution in [0.4, 0.5) is 11.4 Å². The molecule has 2 aromatic rings. The molecule has 2 aromatic carbocycles. The van der Waals surface area contributed by atoms with Crippen molar-refractivity contribution in [3.63, 3.8) is 0 Å². The fourth-order valence-corrected chi connectivity index (χ4v) is 1.50. The van der Waals surface area contributed by atoms with Gasteiger partial charge in [0.15, 0.2) is 0 Å². The molecule has 0 amide bonds. The van der Waals surface area contributed by atoms with Crippen LogP contribution in [-0.2, 0) is 0 Å². The molecule has 0 bridgehead atoms. The van der Waals surface area contributed by atoms with E-state index in [9.17, 15) is 0 Å². The lowest BCUT2D eigenvalue weighted by Crippen LogP contribution is -2.13. The summed E-state index contributed by atoms with van der Waals surface area (Å²) >= 11 is 0. The Morgan fingerprint density at radius 1 is 0.938 bits per heavy atom. The Balaban J connectivity index is 2.31. The van der Waals surface area contributed by atoms with Crippen molar-refractivity contribution in [1.82, 2.24) is 0 Å². The van der Waals surface area contributed by atoms with Gasteiger partial charge in [-0.25, -0.2) is 0 Å². The molecule has 0 saturated heterocycles. The average Bonchev–Trinajstić information content (AvgIpc) is 2.31. The molecule has 0 saturated carbocycles. The fourth-order valence-electron chi connectivity index (χ4n) is 1.50. The van der Waals surface area contributed by atoms with Crippen molar-refractivity contribution in [2.75, 3.05) is 5.32 Å². The number of nitrogens with two attached hydrogens (primary N) is 1. The van der Waals surface area contributed by atoms with Crippen LogP contribution in [0.3, 0.4) is 0 Å². The van der Waals surface area contributed by atoms with Gasteiger partial charge < -0.3 is 11.1 Å². The molecule has 16 heavy (non-hydrogen) atoms. The minimum absolute atomic E-state index is 0.0685. The lowest BCUT2D eigenvalue weighted by atomic mass is 10.1. The smallest absolute Gasteiger partial charge is 0.124 e. The molecule has 0 heterocycles. The maximum Gasteiger partial charge on any atom is 0.124 e. The Hall–Kier alpha value is -2.29. The van der Waals surface area contributed by atoms with Crippen molar-refractivity contribution < 1.29 is 0 Å². The Morgan fingerprint density at radius 2 is 1.56 bits per heavy atom. The highest BCUT2D eigenvalue weighted by molar-refractivity contribution is 6.00. The minimum atomic E-state index is 0.0685. The summed E-state index contributed by atoms with van der Waals surface area (Å²) in [5, 5.41) is 10.7. The zero-order valence-corrected chi connectivity index (χ0v) is 8.77. The van der Waals surface area contributed by atoms with E-state index in [1.54, 1.807) is 0 Å². The SMILES string of the molecule is N=C(N)c1ccccc1Nc1ccccc1. The molecule has 0 unspecified atom stereocenters. The molecular formula is C13H13N3. The standard InChI is InChI=1S/C13H13N3/c14-13(15)11-8-4-5-9-12(11)16-10-6-2-1-3-7-10/h1-9,16H,(H3,14,15). The van der Waals surface area contributed by atoms with Gasteiger partial charge in [-0.2, -0.15) is 0 Å². The average molecular weight is 211 g/mol. The topological polar surface area (TPSA) is 61.9 Å². The van der Waals surface area contributed by atoms with E-state index in [-0.39, 0.29) is 5.84 Å². The van der Waals surface area contributed by atoms with E-state index in [1.165, 1.54) is 0 Å². The highest BCUT2D eigenvalue weighted by atomic mass is 14.9. The molecule has 0 aliphatic carbocycles. The first-order chi connectivity index (χ1) is 7.77. The highest BCUT2D eigenvalue weighted by Gasteiger charge is 2.03. The Labute approximate surface area is 94.4 Å². The molecule has 0 atom stereocenters. The molecule has 80 valence electrons. The third-order valence-electron chi connectivity index (χ3n) is 2.27. The van der Waals surface area contributed by atoms with Crippen LogP contribution in [0, 0.1) is 5.41 Å². The van der Waals surface area contributed by atoms with E-state index in [4.69, 9.17) is 11.1 Å². The van der Waals surface area contributed by atoms with E-state index in [0.29, 0.717) is 5.56 Å². The van der Waals surface area contributed by atoms with Crippen molar-refractivity contribution in [3.8, 4) is 0 Å². The van der Waals surface area contributed by atoms with E-state index >= 15 is 0 Å². The fraction of sp³-hybridized carbons (Fsp3) is 0. The second-order valence-corrected chi connectivity index (χ2v) is 3.45. The molecular weight excluding hydrogens is 198 g/mol. The first kappa shape index (κ1) is 10.2. The van der Waals surface area contributed by atoms with Gasteiger partial charge in [0.05, 0.1) is 0 Å². The van der Waals surface area contributed by atoms with Crippen LogP contribution in [0.15, 0.2) is 54.6 Å². The minimum Gasteiger partial charge on any atom is -0.384 e. The summed E-state index contributed by atoms with van der Waals surface area (Å²) in [7, 11) is 0. The Bertz CT molecular complexity index is 492. The summed E-state index contributed by atoms with van der Waals surface area (Å²) < 4.78 is 0. The second kappa shape index (κ2) is 4.49. The van der Waals surface area contributed by atoms with Gasteiger partial charge in [0, 0.05) is 16.9 Å². The molecule has 2 rings (SSSR count). The number of amidine groups is 1. The number of hydrogen-bond acceptors (Lipinski definition) is 2. The van der Waals surface area contributed by atoms with Crippen LogP contribution in [0.5, 0.6) is 0 Å². The lowest BCUT2D eigenvalue weighted by molar-refractivity contribution is 1.41. The number of hydrogen-bond donors (Lipinski definition) is 3. The molecule has 3 nitrogen and oxygen atoms in total. The molecule has 3 heteroatoms. The molecule has 0 radical (unpaired) electrons. The van der Waals surface area contributed by atoms with Gasteiger partial charge >= 0.3 is 0 Å². The zero-order chi connectivity index (χ0) is 11.4. The normalized spacial score (nSPS) is 9.75. The quantitative estimate of drug-likeness (QED) is 0.540. The predicted molar refractivity (Wildman–Crippen MR) is 67.2 cm³/mol. The molecule has 0 aliphatic rings. The first-order valence-corrected chi connectivity index (χ1v) is 5.03. The summed E-state index contributed by atoms with van der Waals surface area (Å²) in [5.74, 6) is 0.0685. The summed E-state index contributed by atoms with van der Waals surface area (Å²) in [6.07, 6.45) is 0. The lowest BCUT2D eigenvalue weighted by Gasteiger charge is -2.10. The number of anilines is 2. The molecule has 4 N–H and O–H groups in total. The van der Waals surface area contributed by atoms with E-state index in [1.807, 2.05) is 54.6 Å². The number of nitrogen functional groups attached to an aromatic ring is 1. The highest BCUT2D eigenvalue weighted by Crippen LogP contribution is 2.19. The Morgan fingerprint density at radius 3 is 2.25 bits per heavy atom. The number of benzene rings is 2. The van der Waals surface area contributed by atoms with Crippen molar-refractivity contribution in [3.05, 3.63) is 60.2 Å². The van der Waals surface area contributed by atoms with Crippen LogP contribution < -0.4 is 11.1 Å². The van der Waals surface area contributed by atoms with Crippen LogP contribution >= 0.6 is 0 Å². The molecule has 0 spiro atoms. The van der Waals surface area contributed by atoms with E-state index in [2.05, 4.69) is 5.32 Å². The molecule has 0 aliphatic heterocycles. The maximum atomic E-state index is 7.48. The summed E-state index contributed by atoms with van der Waals surface area (Å²) in [6.45, 7) is 0. The molecule has 0 aromatic heterocycles. The third kappa shape index (κ3) is 2.20. The zero-order valence-electron chi connectivity index (χ0n) is 8.77. The summed E-state index contributed by atoms with van der Waals surface area (Å²) in [6, 6.07) is 17.3. The van der Waals surface area contributed by atoms with Gasteiger partial charge in [-0.05, 0) is 24.3 Å². The molecule has 0 fully saturated rings. The van der Waals surface area contributed by atoms with Gasteiger partial charge in [-0.1, -0.05) is 30.3 Å². The van der Waals surface area contributed by atoms with Crippen molar-refractivity contribution in [2.24, 2.45) is 5.73 Å². The number of para-hydroxylation sites is 2. The summed E-state index contributed by atoms with van der Waals surface area (Å²) in [4.78, 5) is 0. The van der Waals surface area contributed by atoms with Gasteiger partial charge in [-0.15, -0.1) is 0 Å². The van der Waals surface area contributed by atoms with E-state index < -0.39 is 0 Å². The third-order valence-corrected chi connectivity index (χ3v) is 2.27. The number of rotatable bonds is 3. The van der Waals surface area contributed by atoms with E-state index in [0.717, 1.165) is 11.4 Å². The second-order valence-electron chi connectivity index (χ2n) is 3.45. The Kier molecular flexibility index (Phi) is 2.87. The maximum absolute atomic E-state index is 7.48.